The molecule has 0 saturated heterocycles. The molecular weight excluding hydrogens is 268 g/mol. The third-order valence-corrected chi connectivity index (χ3v) is 3.36. The predicted octanol–water partition coefficient (Wildman–Crippen LogP) is -0.0706. The lowest BCUT2D eigenvalue weighted by atomic mass is 10.1. The molecule has 1 fully saturated rings. The van der Waals surface area contributed by atoms with E-state index in [4.69, 9.17) is 5.84 Å². The number of amides is 2. The summed E-state index contributed by atoms with van der Waals surface area (Å²) >= 11 is 0. The van der Waals surface area contributed by atoms with Crippen LogP contribution in [0.25, 0.3) is 0 Å². The molecule has 0 aromatic heterocycles. The van der Waals surface area contributed by atoms with E-state index in [1.54, 1.807) is 0 Å². The molecular formula is C15H22N4O2. The van der Waals surface area contributed by atoms with E-state index in [1.165, 1.54) is 0 Å². The zero-order valence-corrected chi connectivity index (χ0v) is 12.3. The fourth-order valence-corrected chi connectivity index (χ4v) is 2.11. The average Bonchev–Trinajstić information content (AvgIpc) is 3.24. The molecule has 0 radical (unpaired) electrons. The minimum Gasteiger partial charge on any atom is -0.352 e. The van der Waals surface area contributed by atoms with Gasteiger partial charge in [-0.3, -0.25) is 19.9 Å². The van der Waals surface area contributed by atoms with Crippen molar-refractivity contribution in [3.05, 3.63) is 35.4 Å². The van der Waals surface area contributed by atoms with Crippen molar-refractivity contribution in [2.75, 3.05) is 13.6 Å². The van der Waals surface area contributed by atoms with Gasteiger partial charge in [0.05, 0.1) is 13.0 Å². The Morgan fingerprint density at radius 1 is 1.19 bits per heavy atom. The molecule has 4 N–H and O–H groups in total. The summed E-state index contributed by atoms with van der Waals surface area (Å²) in [5, 5.41) is 2.97. The summed E-state index contributed by atoms with van der Waals surface area (Å²) in [6, 6.07) is 8.15. The Morgan fingerprint density at radius 2 is 1.81 bits per heavy atom. The molecule has 0 atom stereocenters. The van der Waals surface area contributed by atoms with Crippen LogP contribution < -0.4 is 16.6 Å². The summed E-state index contributed by atoms with van der Waals surface area (Å²) in [6.07, 6.45) is 2.48. The van der Waals surface area contributed by atoms with Gasteiger partial charge in [-0.05, 0) is 31.0 Å². The number of hydrogen-bond acceptors (Lipinski definition) is 4. The number of benzene rings is 1. The highest BCUT2D eigenvalue weighted by atomic mass is 16.2. The van der Waals surface area contributed by atoms with Gasteiger partial charge in [0.25, 0.3) is 0 Å². The molecule has 0 unspecified atom stereocenters. The van der Waals surface area contributed by atoms with E-state index in [2.05, 4.69) is 10.7 Å². The molecule has 0 aliphatic heterocycles. The molecule has 0 bridgehead atoms. The summed E-state index contributed by atoms with van der Waals surface area (Å²) in [5.74, 6) is 4.93. The quantitative estimate of drug-likeness (QED) is 0.373. The monoisotopic (exact) mass is 290 g/mol. The van der Waals surface area contributed by atoms with E-state index in [0.717, 1.165) is 24.0 Å². The number of rotatable bonds is 7. The molecule has 1 aliphatic rings. The van der Waals surface area contributed by atoms with Gasteiger partial charge in [-0.1, -0.05) is 24.3 Å². The van der Waals surface area contributed by atoms with Crippen LogP contribution in [0.15, 0.2) is 24.3 Å². The van der Waals surface area contributed by atoms with E-state index in [9.17, 15) is 9.59 Å². The van der Waals surface area contributed by atoms with Crippen LogP contribution in [0, 0.1) is 0 Å². The maximum absolute atomic E-state index is 11.7. The number of likely N-dealkylation sites (N-methyl/N-ethyl adjacent to an activating group) is 1. The van der Waals surface area contributed by atoms with E-state index in [1.807, 2.05) is 36.2 Å². The van der Waals surface area contributed by atoms with Gasteiger partial charge in [0.1, 0.15) is 0 Å². The predicted molar refractivity (Wildman–Crippen MR) is 80.0 cm³/mol. The third kappa shape index (κ3) is 5.53. The highest BCUT2D eigenvalue weighted by molar-refractivity contribution is 5.78. The van der Waals surface area contributed by atoms with Gasteiger partial charge in [-0.2, -0.15) is 0 Å². The Bertz CT molecular complexity index is 497. The molecule has 1 aromatic carbocycles. The van der Waals surface area contributed by atoms with Crippen LogP contribution in [-0.4, -0.2) is 36.3 Å². The molecule has 0 spiro atoms. The number of hydrazine groups is 1. The fourth-order valence-electron chi connectivity index (χ4n) is 2.11. The average molecular weight is 290 g/mol. The number of hydrogen-bond donors (Lipinski definition) is 3. The zero-order valence-electron chi connectivity index (χ0n) is 12.3. The second-order valence-electron chi connectivity index (χ2n) is 5.57. The van der Waals surface area contributed by atoms with Crippen LogP contribution in [0.5, 0.6) is 0 Å². The van der Waals surface area contributed by atoms with Crippen molar-refractivity contribution in [1.29, 1.82) is 0 Å². The Labute approximate surface area is 124 Å². The smallest absolute Gasteiger partial charge is 0.238 e. The minimum atomic E-state index is -0.211. The summed E-state index contributed by atoms with van der Waals surface area (Å²) < 4.78 is 0. The standard InChI is InChI=1S/C15H22N4O2/c1-19(10-15(21)17-13-6-7-13)9-12-4-2-11(3-5-12)8-14(20)18-16/h2-5,13H,6-10,16H2,1H3,(H,17,21)(H,18,20). The van der Waals surface area contributed by atoms with Gasteiger partial charge < -0.3 is 5.32 Å². The lowest BCUT2D eigenvalue weighted by Gasteiger charge is -2.16. The molecule has 6 heteroatoms. The summed E-state index contributed by atoms with van der Waals surface area (Å²) in [5.41, 5.74) is 4.13. The van der Waals surface area contributed by atoms with Gasteiger partial charge in [-0.15, -0.1) is 0 Å². The van der Waals surface area contributed by atoms with Crippen LogP contribution in [0.3, 0.4) is 0 Å². The summed E-state index contributed by atoms with van der Waals surface area (Å²) in [4.78, 5) is 24.8. The van der Waals surface area contributed by atoms with Crippen molar-refractivity contribution in [1.82, 2.24) is 15.6 Å². The van der Waals surface area contributed by atoms with Crippen molar-refractivity contribution in [3.8, 4) is 0 Å². The first kappa shape index (κ1) is 15.5. The molecule has 6 nitrogen and oxygen atoms in total. The second kappa shape index (κ2) is 7.19. The first-order valence-electron chi connectivity index (χ1n) is 7.12. The zero-order chi connectivity index (χ0) is 15.2. The van der Waals surface area contributed by atoms with E-state index >= 15 is 0 Å². The Balaban J connectivity index is 1.78. The van der Waals surface area contributed by atoms with Crippen molar-refractivity contribution in [2.45, 2.75) is 31.8 Å². The molecule has 21 heavy (non-hydrogen) atoms. The summed E-state index contributed by atoms with van der Waals surface area (Å²) in [7, 11) is 1.92. The molecule has 114 valence electrons. The van der Waals surface area contributed by atoms with E-state index in [0.29, 0.717) is 19.1 Å². The molecule has 1 aliphatic carbocycles. The Hall–Kier alpha value is -1.92. The van der Waals surface area contributed by atoms with Gasteiger partial charge in [0.2, 0.25) is 11.8 Å². The Morgan fingerprint density at radius 3 is 2.38 bits per heavy atom. The van der Waals surface area contributed by atoms with Crippen LogP contribution in [0.2, 0.25) is 0 Å². The van der Waals surface area contributed by atoms with Crippen LogP contribution in [-0.2, 0) is 22.6 Å². The van der Waals surface area contributed by atoms with Gasteiger partial charge in [0, 0.05) is 12.6 Å². The van der Waals surface area contributed by atoms with Crippen LogP contribution in [0.4, 0.5) is 0 Å². The minimum absolute atomic E-state index is 0.0798. The number of nitrogens with two attached hydrogens (primary N) is 1. The van der Waals surface area contributed by atoms with Crippen molar-refractivity contribution < 1.29 is 9.59 Å². The second-order valence-corrected chi connectivity index (χ2v) is 5.57. The molecule has 1 saturated carbocycles. The maximum Gasteiger partial charge on any atom is 0.238 e. The maximum atomic E-state index is 11.7. The molecule has 0 heterocycles. The van der Waals surface area contributed by atoms with E-state index < -0.39 is 0 Å². The van der Waals surface area contributed by atoms with Crippen molar-refractivity contribution in [2.24, 2.45) is 5.84 Å². The SMILES string of the molecule is CN(CC(=O)NC1CC1)Cc1ccc(CC(=O)NN)cc1. The third-order valence-electron chi connectivity index (χ3n) is 3.36. The lowest BCUT2D eigenvalue weighted by Crippen LogP contribution is -2.35. The van der Waals surface area contributed by atoms with Gasteiger partial charge >= 0.3 is 0 Å². The normalized spacial score (nSPS) is 14.0. The van der Waals surface area contributed by atoms with Crippen molar-refractivity contribution >= 4 is 11.8 Å². The fraction of sp³-hybridized carbons (Fsp3) is 0.467. The van der Waals surface area contributed by atoms with Gasteiger partial charge in [-0.25, -0.2) is 5.84 Å². The van der Waals surface area contributed by atoms with Gasteiger partial charge in [0.15, 0.2) is 0 Å². The number of nitrogens with one attached hydrogen (secondary N) is 2. The molecule has 2 rings (SSSR count). The first-order valence-corrected chi connectivity index (χ1v) is 7.12. The first-order chi connectivity index (χ1) is 10.1. The van der Waals surface area contributed by atoms with E-state index in [-0.39, 0.29) is 18.2 Å². The number of nitrogens with zero attached hydrogens (tertiary/aromatic N) is 1. The lowest BCUT2D eigenvalue weighted by molar-refractivity contribution is -0.122. The largest absolute Gasteiger partial charge is 0.352 e. The topological polar surface area (TPSA) is 87.5 Å². The van der Waals surface area contributed by atoms with Crippen LogP contribution >= 0.6 is 0 Å². The summed E-state index contributed by atoms with van der Waals surface area (Å²) in [6.45, 7) is 1.09. The molecule has 2 amide bonds. The van der Waals surface area contributed by atoms with Crippen LogP contribution in [0.1, 0.15) is 24.0 Å². The number of carbonyl (C=O) groups is 2. The van der Waals surface area contributed by atoms with Crippen molar-refractivity contribution in [3.63, 3.8) is 0 Å². The molecule has 1 aromatic rings. The highest BCUT2D eigenvalue weighted by Crippen LogP contribution is 2.18. The Kier molecular flexibility index (Phi) is 5.30. The highest BCUT2D eigenvalue weighted by Gasteiger charge is 2.23. The number of carbonyl (C=O) groups excluding carboxylic acids is 2.